The van der Waals surface area contributed by atoms with Crippen molar-refractivity contribution >= 4 is 0 Å². The molecule has 0 aromatic heterocycles. The number of aliphatic hydroxyl groups excluding tert-OH is 1. The molecular formula is C15H18O. The summed E-state index contributed by atoms with van der Waals surface area (Å²) in [6.07, 6.45) is 4.30. The first-order chi connectivity index (χ1) is 7.77. The minimum absolute atomic E-state index is 0.0274. The number of aliphatic hydroxyl groups is 1. The van der Waals surface area contributed by atoms with Crippen molar-refractivity contribution in [1.29, 1.82) is 0 Å². The molecule has 1 spiro atoms. The van der Waals surface area contributed by atoms with Gasteiger partial charge in [0.15, 0.2) is 0 Å². The molecule has 0 heterocycles. The maximum atomic E-state index is 10.2. The third-order valence-electron chi connectivity index (χ3n) is 4.42. The molecule has 16 heavy (non-hydrogen) atoms. The lowest BCUT2D eigenvalue weighted by molar-refractivity contribution is 0.0579. The fourth-order valence-electron chi connectivity index (χ4n) is 3.49. The number of hydrogen-bond donors (Lipinski definition) is 1. The molecule has 3 rings (SSSR count). The highest BCUT2D eigenvalue weighted by atomic mass is 16.3. The number of hydrogen-bond acceptors (Lipinski definition) is 1. The maximum Gasteiger partial charge on any atom is 0.0642 e. The van der Waals surface area contributed by atoms with Gasteiger partial charge in [-0.05, 0) is 18.4 Å². The lowest BCUT2D eigenvalue weighted by Gasteiger charge is -2.28. The molecule has 0 saturated heterocycles. The molecule has 2 fully saturated rings. The SMILES string of the molecule is C=C1C(c2ccccc2)[C@@]12CCCC[C@H]2O. The summed E-state index contributed by atoms with van der Waals surface area (Å²) in [6, 6.07) is 10.5. The lowest BCUT2D eigenvalue weighted by Crippen LogP contribution is -2.27. The van der Waals surface area contributed by atoms with Gasteiger partial charge in [0.1, 0.15) is 0 Å². The van der Waals surface area contributed by atoms with Crippen molar-refractivity contribution in [2.75, 3.05) is 0 Å². The molecule has 1 N–H and O–H groups in total. The fourth-order valence-corrected chi connectivity index (χ4v) is 3.49. The van der Waals surface area contributed by atoms with Gasteiger partial charge in [0.25, 0.3) is 0 Å². The van der Waals surface area contributed by atoms with Crippen LogP contribution >= 0.6 is 0 Å². The summed E-state index contributed by atoms with van der Waals surface area (Å²) in [5.41, 5.74) is 2.61. The molecule has 0 bridgehead atoms. The predicted molar refractivity (Wildman–Crippen MR) is 65.2 cm³/mol. The summed E-state index contributed by atoms with van der Waals surface area (Å²) in [7, 11) is 0. The molecular weight excluding hydrogens is 196 g/mol. The van der Waals surface area contributed by atoms with Crippen molar-refractivity contribution in [3.8, 4) is 0 Å². The number of benzene rings is 1. The van der Waals surface area contributed by atoms with Crippen LogP contribution in [-0.4, -0.2) is 11.2 Å². The van der Waals surface area contributed by atoms with Gasteiger partial charge < -0.3 is 5.11 Å². The smallest absolute Gasteiger partial charge is 0.0642 e. The van der Waals surface area contributed by atoms with Crippen LogP contribution in [0.2, 0.25) is 0 Å². The van der Waals surface area contributed by atoms with Gasteiger partial charge in [-0.3, -0.25) is 0 Å². The van der Waals surface area contributed by atoms with Crippen LogP contribution in [0, 0.1) is 5.41 Å². The van der Waals surface area contributed by atoms with E-state index in [2.05, 4.69) is 30.8 Å². The van der Waals surface area contributed by atoms with E-state index in [4.69, 9.17) is 0 Å². The molecule has 2 saturated carbocycles. The van der Waals surface area contributed by atoms with E-state index >= 15 is 0 Å². The molecule has 2 aliphatic carbocycles. The minimum Gasteiger partial charge on any atom is -0.392 e. The molecule has 3 atom stereocenters. The van der Waals surface area contributed by atoms with Crippen molar-refractivity contribution < 1.29 is 5.11 Å². The first kappa shape index (κ1) is 10.1. The molecule has 1 nitrogen and oxygen atoms in total. The average Bonchev–Trinajstić information content (AvgIpc) is 2.90. The van der Waals surface area contributed by atoms with Crippen LogP contribution in [0.15, 0.2) is 42.5 Å². The molecule has 0 amide bonds. The van der Waals surface area contributed by atoms with Crippen LogP contribution in [0.5, 0.6) is 0 Å². The fraction of sp³-hybridized carbons (Fsp3) is 0.467. The Bertz CT molecular complexity index is 409. The Morgan fingerprint density at radius 3 is 2.62 bits per heavy atom. The third-order valence-corrected chi connectivity index (χ3v) is 4.42. The van der Waals surface area contributed by atoms with Gasteiger partial charge in [-0.1, -0.05) is 55.3 Å². The Balaban J connectivity index is 1.92. The Kier molecular flexibility index (Phi) is 2.18. The Hall–Kier alpha value is -1.08. The van der Waals surface area contributed by atoms with Gasteiger partial charge in [-0.15, -0.1) is 0 Å². The molecule has 1 aromatic carbocycles. The van der Waals surface area contributed by atoms with E-state index in [9.17, 15) is 5.11 Å². The van der Waals surface area contributed by atoms with Crippen LogP contribution in [-0.2, 0) is 0 Å². The zero-order chi connectivity index (χ0) is 11.2. The van der Waals surface area contributed by atoms with E-state index < -0.39 is 0 Å². The molecule has 1 aromatic rings. The standard InChI is InChI=1S/C15H18O/c1-11-14(12-7-3-2-4-8-12)15(11)10-6-5-9-13(15)16/h2-4,7-8,13-14,16H,1,5-6,9-10H2/t13-,14?,15+/m1/s1. The first-order valence-corrected chi connectivity index (χ1v) is 6.19. The molecule has 1 heteroatoms. The maximum absolute atomic E-state index is 10.2. The van der Waals surface area contributed by atoms with Crippen LogP contribution in [0.25, 0.3) is 0 Å². The summed E-state index contributed by atoms with van der Waals surface area (Å²) in [5, 5.41) is 10.2. The number of rotatable bonds is 1. The van der Waals surface area contributed by atoms with Gasteiger partial charge in [-0.2, -0.15) is 0 Å². The van der Waals surface area contributed by atoms with E-state index in [1.807, 2.05) is 6.07 Å². The van der Waals surface area contributed by atoms with Crippen molar-refractivity contribution in [2.24, 2.45) is 5.41 Å². The Labute approximate surface area is 96.8 Å². The topological polar surface area (TPSA) is 20.2 Å². The third kappa shape index (κ3) is 1.21. The molecule has 2 aliphatic rings. The van der Waals surface area contributed by atoms with Crippen LogP contribution in [0.3, 0.4) is 0 Å². The molecule has 0 aliphatic heterocycles. The van der Waals surface area contributed by atoms with Gasteiger partial charge in [0, 0.05) is 11.3 Å². The van der Waals surface area contributed by atoms with Gasteiger partial charge in [-0.25, -0.2) is 0 Å². The van der Waals surface area contributed by atoms with E-state index in [0.717, 1.165) is 19.3 Å². The second kappa shape index (κ2) is 3.46. The second-order valence-corrected chi connectivity index (χ2v) is 5.17. The summed E-state index contributed by atoms with van der Waals surface area (Å²) in [5.74, 6) is 0.406. The lowest BCUT2D eigenvalue weighted by atomic mass is 9.80. The van der Waals surface area contributed by atoms with Crippen molar-refractivity contribution in [3.05, 3.63) is 48.0 Å². The Morgan fingerprint density at radius 2 is 1.94 bits per heavy atom. The quantitative estimate of drug-likeness (QED) is 0.711. The van der Waals surface area contributed by atoms with Crippen molar-refractivity contribution in [3.63, 3.8) is 0 Å². The second-order valence-electron chi connectivity index (χ2n) is 5.17. The summed E-state index contributed by atoms with van der Waals surface area (Å²) < 4.78 is 0. The van der Waals surface area contributed by atoms with E-state index in [1.165, 1.54) is 17.6 Å². The average molecular weight is 214 g/mol. The highest BCUT2D eigenvalue weighted by molar-refractivity contribution is 5.51. The van der Waals surface area contributed by atoms with E-state index in [1.54, 1.807) is 0 Å². The van der Waals surface area contributed by atoms with Gasteiger partial charge >= 0.3 is 0 Å². The summed E-state index contributed by atoms with van der Waals surface area (Å²) in [4.78, 5) is 0. The zero-order valence-electron chi connectivity index (χ0n) is 9.52. The zero-order valence-corrected chi connectivity index (χ0v) is 9.52. The Morgan fingerprint density at radius 1 is 1.19 bits per heavy atom. The molecule has 0 radical (unpaired) electrons. The van der Waals surface area contributed by atoms with Crippen molar-refractivity contribution in [1.82, 2.24) is 0 Å². The monoisotopic (exact) mass is 214 g/mol. The van der Waals surface area contributed by atoms with E-state index in [0.29, 0.717) is 5.92 Å². The van der Waals surface area contributed by atoms with Crippen LogP contribution in [0.4, 0.5) is 0 Å². The normalized spacial score (nSPS) is 37.7. The first-order valence-electron chi connectivity index (χ1n) is 6.19. The summed E-state index contributed by atoms with van der Waals surface area (Å²) in [6.45, 7) is 4.19. The van der Waals surface area contributed by atoms with Gasteiger partial charge in [0.2, 0.25) is 0 Å². The highest BCUT2D eigenvalue weighted by Crippen LogP contribution is 2.70. The van der Waals surface area contributed by atoms with Crippen LogP contribution in [0.1, 0.15) is 37.2 Å². The van der Waals surface area contributed by atoms with Gasteiger partial charge in [0.05, 0.1) is 6.10 Å². The minimum atomic E-state index is -0.168. The largest absolute Gasteiger partial charge is 0.392 e. The predicted octanol–water partition coefficient (Wildman–Crippen LogP) is 3.26. The molecule has 84 valence electrons. The summed E-state index contributed by atoms with van der Waals surface area (Å²) >= 11 is 0. The van der Waals surface area contributed by atoms with Crippen LogP contribution < -0.4 is 0 Å². The van der Waals surface area contributed by atoms with E-state index in [-0.39, 0.29) is 11.5 Å². The molecule has 1 unspecified atom stereocenters. The van der Waals surface area contributed by atoms with Crippen molar-refractivity contribution in [2.45, 2.75) is 37.7 Å². The highest BCUT2D eigenvalue weighted by Gasteiger charge is 2.63.